The van der Waals surface area contributed by atoms with Crippen molar-refractivity contribution in [2.24, 2.45) is 11.1 Å². The van der Waals surface area contributed by atoms with Crippen molar-refractivity contribution in [3.63, 3.8) is 0 Å². The maximum absolute atomic E-state index is 8.62. The van der Waals surface area contributed by atoms with Gasteiger partial charge in [-0.05, 0) is 24.3 Å². The third-order valence-electron chi connectivity index (χ3n) is 2.93. The number of rotatable bonds is 2. The Morgan fingerprint density at radius 3 is 2.80 bits per heavy atom. The van der Waals surface area contributed by atoms with Gasteiger partial charge < -0.3 is 5.21 Å². The largest absolute Gasteiger partial charge is 0.411 e. The number of hydrogen-bond donors (Lipinski definition) is 1. The molecule has 0 saturated carbocycles. The van der Waals surface area contributed by atoms with E-state index in [1.807, 2.05) is 6.07 Å². The van der Waals surface area contributed by atoms with Gasteiger partial charge in [0.05, 0.1) is 6.21 Å². The van der Waals surface area contributed by atoms with Crippen LogP contribution in [0.1, 0.15) is 24.3 Å². The number of hydrogen-bond acceptors (Lipinski definition) is 2. The molecule has 0 aliphatic heterocycles. The lowest BCUT2D eigenvalue weighted by Crippen LogP contribution is -2.15. The maximum atomic E-state index is 8.62. The minimum atomic E-state index is 0.228. The van der Waals surface area contributed by atoms with Crippen LogP contribution in [0.2, 0.25) is 0 Å². The molecule has 0 amide bonds. The van der Waals surface area contributed by atoms with Crippen molar-refractivity contribution < 1.29 is 5.21 Å². The van der Waals surface area contributed by atoms with Gasteiger partial charge in [0.1, 0.15) is 0 Å². The summed E-state index contributed by atoms with van der Waals surface area (Å²) >= 11 is 0. The minimum Gasteiger partial charge on any atom is -0.411 e. The lowest BCUT2D eigenvalue weighted by Gasteiger charge is -2.24. The molecule has 0 heterocycles. The van der Waals surface area contributed by atoms with Crippen molar-refractivity contribution in [1.29, 1.82) is 0 Å². The van der Waals surface area contributed by atoms with Gasteiger partial charge >= 0.3 is 0 Å². The van der Waals surface area contributed by atoms with Gasteiger partial charge in [0.25, 0.3) is 0 Å². The molecule has 2 atom stereocenters. The SMILES string of the molecule is ON=CC1C=CCCC1c1ccccc1. The molecule has 2 heteroatoms. The molecule has 0 saturated heterocycles. The second-order valence-electron chi connectivity index (χ2n) is 3.86. The van der Waals surface area contributed by atoms with Crippen molar-refractivity contribution in [3.05, 3.63) is 48.0 Å². The quantitative estimate of drug-likeness (QED) is 0.339. The molecule has 78 valence electrons. The highest BCUT2D eigenvalue weighted by atomic mass is 16.4. The van der Waals surface area contributed by atoms with Gasteiger partial charge in [-0.25, -0.2) is 0 Å². The molecule has 2 unspecified atom stereocenters. The van der Waals surface area contributed by atoms with E-state index in [4.69, 9.17) is 5.21 Å². The van der Waals surface area contributed by atoms with Crippen LogP contribution in [0.3, 0.4) is 0 Å². The lowest BCUT2D eigenvalue weighted by molar-refractivity contribution is 0.317. The summed E-state index contributed by atoms with van der Waals surface area (Å²) in [5.41, 5.74) is 1.33. The Kier molecular flexibility index (Phi) is 3.18. The normalized spacial score (nSPS) is 25.9. The Morgan fingerprint density at radius 1 is 1.27 bits per heavy atom. The smallest absolute Gasteiger partial charge is 0.0510 e. The molecule has 0 radical (unpaired) electrons. The monoisotopic (exact) mass is 201 g/mol. The van der Waals surface area contributed by atoms with E-state index in [0.717, 1.165) is 12.8 Å². The molecular formula is C13H15NO. The molecule has 2 nitrogen and oxygen atoms in total. The fraction of sp³-hybridized carbons (Fsp3) is 0.308. The zero-order valence-electron chi connectivity index (χ0n) is 8.58. The first-order valence-electron chi connectivity index (χ1n) is 5.31. The molecule has 15 heavy (non-hydrogen) atoms. The fourth-order valence-electron chi connectivity index (χ4n) is 2.18. The number of nitrogens with zero attached hydrogens (tertiary/aromatic N) is 1. The van der Waals surface area contributed by atoms with Crippen molar-refractivity contribution in [2.75, 3.05) is 0 Å². The molecule has 1 aromatic rings. The molecule has 0 aromatic heterocycles. The molecule has 2 rings (SSSR count). The van der Waals surface area contributed by atoms with E-state index in [1.165, 1.54) is 5.56 Å². The van der Waals surface area contributed by atoms with E-state index < -0.39 is 0 Å². The van der Waals surface area contributed by atoms with Crippen LogP contribution < -0.4 is 0 Å². The van der Waals surface area contributed by atoms with Crippen molar-refractivity contribution in [3.8, 4) is 0 Å². The summed E-state index contributed by atoms with van der Waals surface area (Å²) in [5.74, 6) is 0.679. The predicted molar refractivity (Wildman–Crippen MR) is 61.3 cm³/mol. The lowest BCUT2D eigenvalue weighted by atomic mass is 9.80. The molecule has 1 aliphatic rings. The molecule has 0 bridgehead atoms. The standard InChI is InChI=1S/C13H15NO/c15-14-10-12-8-4-5-9-13(12)11-6-2-1-3-7-11/h1-4,6-8,10,12-13,15H,5,9H2. The first-order valence-corrected chi connectivity index (χ1v) is 5.31. The van der Waals surface area contributed by atoms with E-state index in [9.17, 15) is 0 Å². The molecule has 1 aliphatic carbocycles. The Hall–Kier alpha value is -1.57. The summed E-state index contributed by atoms with van der Waals surface area (Å²) in [4.78, 5) is 0. The zero-order valence-corrected chi connectivity index (χ0v) is 8.58. The second kappa shape index (κ2) is 4.78. The average Bonchev–Trinajstić information content (AvgIpc) is 2.31. The van der Waals surface area contributed by atoms with Crippen LogP contribution in [0.25, 0.3) is 0 Å². The van der Waals surface area contributed by atoms with Crippen LogP contribution in [-0.2, 0) is 0 Å². The van der Waals surface area contributed by atoms with Crippen LogP contribution in [0, 0.1) is 5.92 Å². The van der Waals surface area contributed by atoms with Gasteiger partial charge in [0.2, 0.25) is 0 Å². The van der Waals surface area contributed by atoms with Crippen LogP contribution in [0.15, 0.2) is 47.6 Å². The summed E-state index contributed by atoms with van der Waals surface area (Å²) in [6.07, 6.45) is 8.13. The Balaban J connectivity index is 2.24. The van der Waals surface area contributed by atoms with Gasteiger partial charge in [-0.3, -0.25) is 0 Å². The van der Waals surface area contributed by atoms with Crippen molar-refractivity contribution >= 4 is 6.21 Å². The third-order valence-corrected chi connectivity index (χ3v) is 2.93. The Labute approximate surface area is 89.9 Å². The number of allylic oxidation sites excluding steroid dienone is 2. The van der Waals surface area contributed by atoms with Crippen molar-refractivity contribution in [2.45, 2.75) is 18.8 Å². The highest BCUT2D eigenvalue weighted by molar-refractivity contribution is 5.64. The van der Waals surface area contributed by atoms with Crippen LogP contribution >= 0.6 is 0 Å². The zero-order chi connectivity index (χ0) is 10.5. The Morgan fingerprint density at radius 2 is 2.07 bits per heavy atom. The molecule has 0 spiro atoms. The Bertz CT molecular complexity index is 356. The number of benzene rings is 1. The average molecular weight is 201 g/mol. The van der Waals surface area contributed by atoms with Gasteiger partial charge in [0, 0.05) is 5.92 Å². The van der Waals surface area contributed by atoms with Crippen molar-refractivity contribution in [1.82, 2.24) is 0 Å². The maximum Gasteiger partial charge on any atom is 0.0510 e. The van der Waals surface area contributed by atoms with Gasteiger partial charge in [-0.2, -0.15) is 0 Å². The van der Waals surface area contributed by atoms with Gasteiger partial charge in [-0.1, -0.05) is 42.5 Å². The van der Waals surface area contributed by atoms with Crippen LogP contribution in [0.5, 0.6) is 0 Å². The van der Waals surface area contributed by atoms with E-state index in [2.05, 4.69) is 41.6 Å². The highest BCUT2D eigenvalue weighted by Crippen LogP contribution is 2.32. The highest BCUT2D eigenvalue weighted by Gasteiger charge is 2.21. The molecule has 1 aromatic carbocycles. The first-order chi connectivity index (χ1) is 7.42. The number of oxime groups is 1. The summed E-state index contributed by atoms with van der Waals surface area (Å²) in [5, 5.41) is 11.8. The van der Waals surface area contributed by atoms with Gasteiger partial charge in [0.15, 0.2) is 0 Å². The predicted octanol–water partition coefficient (Wildman–Crippen LogP) is 3.20. The summed E-state index contributed by atoms with van der Waals surface area (Å²) in [6, 6.07) is 10.4. The van der Waals surface area contributed by atoms with Crippen LogP contribution in [-0.4, -0.2) is 11.4 Å². The molecular weight excluding hydrogens is 186 g/mol. The van der Waals surface area contributed by atoms with E-state index in [0.29, 0.717) is 5.92 Å². The van der Waals surface area contributed by atoms with E-state index >= 15 is 0 Å². The summed E-state index contributed by atoms with van der Waals surface area (Å²) in [6.45, 7) is 0. The minimum absolute atomic E-state index is 0.228. The third kappa shape index (κ3) is 2.27. The summed E-state index contributed by atoms with van der Waals surface area (Å²) < 4.78 is 0. The first kappa shape index (κ1) is 9.97. The van der Waals surface area contributed by atoms with E-state index in [-0.39, 0.29) is 5.92 Å². The molecule has 1 N–H and O–H groups in total. The fourth-order valence-corrected chi connectivity index (χ4v) is 2.18. The van der Waals surface area contributed by atoms with Crippen LogP contribution in [0.4, 0.5) is 0 Å². The summed E-state index contributed by atoms with van der Waals surface area (Å²) in [7, 11) is 0. The second-order valence-corrected chi connectivity index (χ2v) is 3.86. The molecule has 0 fully saturated rings. The van der Waals surface area contributed by atoms with Gasteiger partial charge in [-0.15, -0.1) is 5.16 Å². The van der Waals surface area contributed by atoms with E-state index in [1.54, 1.807) is 6.21 Å². The topological polar surface area (TPSA) is 32.6 Å².